The standard InChI is InChI=1S/C11H20F3NO/c1-8-4-5-9(11(12,13)14)15(6-8)7-10(2,3)16/h8-9,16H,4-7H2,1-3H3. The third-order valence-corrected chi connectivity index (χ3v) is 2.89. The molecule has 2 nitrogen and oxygen atoms in total. The molecule has 0 aliphatic carbocycles. The quantitative estimate of drug-likeness (QED) is 0.800. The van der Waals surface area contributed by atoms with Gasteiger partial charge in [-0.3, -0.25) is 4.90 Å². The van der Waals surface area contributed by atoms with E-state index < -0.39 is 17.8 Å². The van der Waals surface area contributed by atoms with Gasteiger partial charge < -0.3 is 5.11 Å². The Kier molecular flexibility index (Phi) is 3.90. The lowest BCUT2D eigenvalue weighted by molar-refractivity contribution is -0.199. The maximum absolute atomic E-state index is 12.8. The molecule has 1 heterocycles. The van der Waals surface area contributed by atoms with E-state index in [4.69, 9.17) is 0 Å². The second kappa shape index (κ2) is 4.53. The first-order valence-electron chi connectivity index (χ1n) is 5.63. The van der Waals surface area contributed by atoms with Crippen molar-refractivity contribution in [2.75, 3.05) is 13.1 Å². The minimum Gasteiger partial charge on any atom is -0.389 e. The lowest BCUT2D eigenvalue weighted by atomic mass is 9.92. The van der Waals surface area contributed by atoms with Gasteiger partial charge in [-0.2, -0.15) is 13.2 Å². The molecule has 0 aromatic carbocycles. The van der Waals surface area contributed by atoms with Gasteiger partial charge in [0.2, 0.25) is 0 Å². The number of piperidine rings is 1. The first-order valence-corrected chi connectivity index (χ1v) is 5.63. The van der Waals surface area contributed by atoms with E-state index >= 15 is 0 Å². The largest absolute Gasteiger partial charge is 0.404 e. The van der Waals surface area contributed by atoms with E-state index in [2.05, 4.69) is 0 Å². The normalized spacial score (nSPS) is 29.4. The molecule has 2 unspecified atom stereocenters. The van der Waals surface area contributed by atoms with Crippen LogP contribution < -0.4 is 0 Å². The van der Waals surface area contributed by atoms with Gasteiger partial charge in [-0.25, -0.2) is 0 Å². The van der Waals surface area contributed by atoms with Crippen LogP contribution in [0.15, 0.2) is 0 Å². The van der Waals surface area contributed by atoms with Gasteiger partial charge in [-0.1, -0.05) is 6.92 Å². The molecule has 0 saturated carbocycles. The average Bonchev–Trinajstić information content (AvgIpc) is 1.97. The van der Waals surface area contributed by atoms with E-state index in [0.717, 1.165) is 0 Å². The first kappa shape index (κ1) is 13.8. The van der Waals surface area contributed by atoms with Crippen molar-refractivity contribution in [2.45, 2.75) is 51.4 Å². The van der Waals surface area contributed by atoms with E-state index in [-0.39, 0.29) is 18.9 Å². The van der Waals surface area contributed by atoms with Crippen molar-refractivity contribution in [1.29, 1.82) is 0 Å². The van der Waals surface area contributed by atoms with Crippen LogP contribution in [0.4, 0.5) is 13.2 Å². The molecule has 0 bridgehead atoms. The molecule has 2 atom stereocenters. The topological polar surface area (TPSA) is 23.5 Å². The maximum atomic E-state index is 12.8. The number of β-amino-alcohol motifs (C(OH)–C–C–N with tert-alkyl or cyclic N) is 1. The fourth-order valence-electron chi connectivity index (χ4n) is 2.29. The summed E-state index contributed by atoms with van der Waals surface area (Å²) >= 11 is 0. The molecule has 1 aliphatic heterocycles. The summed E-state index contributed by atoms with van der Waals surface area (Å²) in [5, 5.41) is 9.63. The molecule has 0 spiro atoms. The molecule has 1 aliphatic rings. The molecular weight excluding hydrogens is 219 g/mol. The van der Waals surface area contributed by atoms with Crippen LogP contribution in [0, 0.1) is 5.92 Å². The number of hydrogen-bond donors (Lipinski definition) is 1. The molecule has 5 heteroatoms. The highest BCUT2D eigenvalue weighted by Crippen LogP contribution is 2.34. The van der Waals surface area contributed by atoms with Crippen molar-refractivity contribution < 1.29 is 18.3 Å². The molecular formula is C11H20F3NO. The third-order valence-electron chi connectivity index (χ3n) is 2.89. The number of likely N-dealkylation sites (tertiary alicyclic amines) is 1. The Morgan fingerprint density at radius 1 is 1.25 bits per heavy atom. The molecule has 1 saturated heterocycles. The van der Waals surface area contributed by atoms with E-state index in [1.165, 1.54) is 4.90 Å². The fraction of sp³-hybridized carbons (Fsp3) is 1.00. The molecule has 16 heavy (non-hydrogen) atoms. The van der Waals surface area contributed by atoms with Crippen LogP contribution in [0.5, 0.6) is 0 Å². The molecule has 0 aromatic rings. The van der Waals surface area contributed by atoms with Crippen molar-refractivity contribution in [1.82, 2.24) is 4.90 Å². The summed E-state index contributed by atoms with van der Waals surface area (Å²) in [7, 11) is 0. The van der Waals surface area contributed by atoms with Crippen LogP contribution in [0.2, 0.25) is 0 Å². The van der Waals surface area contributed by atoms with Gasteiger partial charge in [-0.15, -0.1) is 0 Å². The van der Waals surface area contributed by atoms with Gasteiger partial charge in [0, 0.05) is 13.1 Å². The monoisotopic (exact) mass is 239 g/mol. The summed E-state index contributed by atoms with van der Waals surface area (Å²) in [5.74, 6) is 0.265. The molecule has 96 valence electrons. The number of aliphatic hydroxyl groups is 1. The number of halogens is 3. The van der Waals surface area contributed by atoms with Crippen LogP contribution in [0.1, 0.15) is 33.6 Å². The van der Waals surface area contributed by atoms with E-state index in [1.807, 2.05) is 6.92 Å². The predicted molar refractivity (Wildman–Crippen MR) is 56.1 cm³/mol. The van der Waals surface area contributed by atoms with E-state index in [0.29, 0.717) is 13.0 Å². The van der Waals surface area contributed by atoms with Crippen LogP contribution >= 0.6 is 0 Å². The Balaban J connectivity index is 2.74. The van der Waals surface area contributed by atoms with Gasteiger partial charge in [0.1, 0.15) is 6.04 Å². The first-order chi connectivity index (χ1) is 7.09. The van der Waals surface area contributed by atoms with Gasteiger partial charge in [0.25, 0.3) is 0 Å². The molecule has 1 N–H and O–H groups in total. The molecule has 1 rings (SSSR count). The zero-order valence-electron chi connectivity index (χ0n) is 10.0. The average molecular weight is 239 g/mol. The van der Waals surface area contributed by atoms with Crippen LogP contribution in [-0.2, 0) is 0 Å². The SMILES string of the molecule is CC1CCC(C(F)(F)F)N(CC(C)(C)O)C1. The number of alkyl halides is 3. The van der Waals surface area contributed by atoms with Crippen LogP contribution in [0.25, 0.3) is 0 Å². The van der Waals surface area contributed by atoms with Crippen LogP contribution in [0.3, 0.4) is 0 Å². The Morgan fingerprint density at radius 2 is 1.81 bits per heavy atom. The summed E-state index contributed by atoms with van der Waals surface area (Å²) in [6, 6.07) is -1.39. The molecule has 0 radical (unpaired) electrons. The van der Waals surface area contributed by atoms with Gasteiger partial charge in [0.05, 0.1) is 5.60 Å². The summed E-state index contributed by atoms with van der Waals surface area (Å²) in [5.41, 5.74) is -1.08. The maximum Gasteiger partial charge on any atom is 0.404 e. The minimum atomic E-state index is -4.19. The number of hydrogen-bond acceptors (Lipinski definition) is 2. The molecule has 1 fully saturated rings. The van der Waals surface area contributed by atoms with Crippen molar-refractivity contribution >= 4 is 0 Å². The zero-order valence-corrected chi connectivity index (χ0v) is 10.0. The van der Waals surface area contributed by atoms with Crippen LogP contribution in [-0.4, -0.2) is 40.9 Å². The smallest absolute Gasteiger partial charge is 0.389 e. The highest BCUT2D eigenvalue weighted by Gasteiger charge is 2.46. The highest BCUT2D eigenvalue weighted by atomic mass is 19.4. The second-order valence-corrected chi connectivity index (χ2v) is 5.48. The molecule has 0 aromatic heterocycles. The van der Waals surface area contributed by atoms with Gasteiger partial charge in [0.15, 0.2) is 0 Å². The van der Waals surface area contributed by atoms with E-state index in [9.17, 15) is 18.3 Å². The van der Waals surface area contributed by atoms with Crippen molar-refractivity contribution in [3.8, 4) is 0 Å². The fourth-order valence-corrected chi connectivity index (χ4v) is 2.29. The predicted octanol–water partition coefficient (Wildman–Crippen LogP) is 2.42. The Labute approximate surface area is 94.4 Å². The van der Waals surface area contributed by atoms with Crippen molar-refractivity contribution in [3.05, 3.63) is 0 Å². The number of nitrogens with zero attached hydrogens (tertiary/aromatic N) is 1. The Hall–Kier alpha value is -0.290. The summed E-state index contributed by atoms with van der Waals surface area (Å²) < 4.78 is 38.3. The highest BCUT2D eigenvalue weighted by molar-refractivity contribution is 4.88. The minimum absolute atomic E-state index is 0.0709. The van der Waals surface area contributed by atoms with E-state index in [1.54, 1.807) is 13.8 Å². The lowest BCUT2D eigenvalue weighted by Gasteiger charge is -2.41. The lowest BCUT2D eigenvalue weighted by Crippen LogP contribution is -2.54. The number of rotatable bonds is 2. The molecule has 0 amide bonds. The van der Waals surface area contributed by atoms with Gasteiger partial charge >= 0.3 is 6.18 Å². The van der Waals surface area contributed by atoms with Crippen molar-refractivity contribution in [3.63, 3.8) is 0 Å². The van der Waals surface area contributed by atoms with Crippen molar-refractivity contribution in [2.24, 2.45) is 5.92 Å². The summed E-state index contributed by atoms with van der Waals surface area (Å²) in [4.78, 5) is 1.37. The third kappa shape index (κ3) is 3.94. The Bertz CT molecular complexity index is 234. The zero-order chi connectivity index (χ0) is 12.6. The van der Waals surface area contributed by atoms with Gasteiger partial charge in [-0.05, 0) is 32.6 Å². The summed E-state index contributed by atoms with van der Waals surface area (Å²) in [6.07, 6.45) is -3.45. The second-order valence-electron chi connectivity index (χ2n) is 5.48. The summed E-state index contributed by atoms with van der Waals surface area (Å²) in [6.45, 7) is 5.51. The Morgan fingerprint density at radius 3 is 2.25 bits per heavy atom.